The number of benzene rings is 1. The van der Waals surface area contributed by atoms with E-state index in [0.29, 0.717) is 5.92 Å². The molecule has 0 radical (unpaired) electrons. The van der Waals surface area contributed by atoms with E-state index in [0.717, 1.165) is 43.8 Å². The fourth-order valence-electron chi connectivity index (χ4n) is 2.63. The van der Waals surface area contributed by atoms with Gasteiger partial charge in [-0.3, -0.25) is 0 Å². The lowest BCUT2D eigenvalue weighted by Crippen LogP contribution is -2.09. The van der Waals surface area contributed by atoms with Crippen LogP contribution >= 0.6 is 0 Å². The quantitative estimate of drug-likeness (QED) is 0.858. The van der Waals surface area contributed by atoms with Gasteiger partial charge in [0.2, 0.25) is 0 Å². The molecule has 2 rings (SSSR count). The Balaban J connectivity index is 2.60. The minimum Gasteiger partial charge on any atom is -0.224 e. The lowest BCUT2D eigenvalue weighted by Gasteiger charge is -2.13. The molecule has 0 aromatic heterocycles. The third kappa shape index (κ3) is 3.17. The monoisotopic (exact) mass is 302 g/mol. The first kappa shape index (κ1) is 14.5. The number of hydrogen-bond acceptors (Lipinski definition) is 4. The van der Waals surface area contributed by atoms with Crippen LogP contribution in [0.25, 0.3) is 0 Å². The maximum absolute atomic E-state index is 11.8. The lowest BCUT2D eigenvalue weighted by atomic mass is 9.98. The second-order valence-electron chi connectivity index (χ2n) is 5.23. The van der Waals surface area contributed by atoms with Crippen molar-refractivity contribution in [1.82, 2.24) is 0 Å². The predicted octanol–water partition coefficient (Wildman–Crippen LogP) is 2.15. The third-order valence-corrected chi connectivity index (χ3v) is 6.01. The topological polar surface area (TPSA) is 68.3 Å². The Kier molecular flexibility index (Phi) is 3.75. The zero-order valence-electron chi connectivity index (χ0n) is 11.1. The van der Waals surface area contributed by atoms with Crippen molar-refractivity contribution in [1.29, 1.82) is 0 Å². The molecule has 0 saturated heterocycles. The van der Waals surface area contributed by atoms with Crippen molar-refractivity contribution in [3.05, 3.63) is 23.8 Å². The molecule has 0 atom stereocenters. The van der Waals surface area contributed by atoms with Crippen molar-refractivity contribution < 1.29 is 16.8 Å². The van der Waals surface area contributed by atoms with E-state index in [-0.39, 0.29) is 9.79 Å². The Labute approximate surface area is 114 Å². The molecule has 106 valence electrons. The summed E-state index contributed by atoms with van der Waals surface area (Å²) in [4.78, 5) is -0.170. The van der Waals surface area contributed by atoms with Crippen LogP contribution in [0.3, 0.4) is 0 Å². The predicted molar refractivity (Wildman–Crippen MR) is 73.9 cm³/mol. The van der Waals surface area contributed by atoms with Crippen LogP contribution in [0.2, 0.25) is 0 Å². The molecule has 1 aliphatic rings. The Morgan fingerprint density at radius 2 is 1.42 bits per heavy atom. The summed E-state index contributed by atoms with van der Waals surface area (Å²) in [6.45, 7) is 0. The van der Waals surface area contributed by atoms with Gasteiger partial charge in [0.1, 0.15) is 0 Å². The van der Waals surface area contributed by atoms with E-state index in [1.54, 1.807) is 12.1 Å². The number of sulfone groups is 2. The molecule has 1 aromatic rings. The highest BCUT2D eigenvalue weighted by atomic mass is 32.2. The van der Waals surface area contributed by atoms with Gasteiger partial charge in [0, 0.05) is 12.5 Å². The first-order valence-electron chi connectivity index (χ1n) is 6.23. The van der Waals surface area contributed by atoms with E-state index in [9.17, 15) is 16.8 Å². The van der Waals surface area contributed by atoms with Crippen LogP contribution in [-0.4, -0.2) is 29.3 Å². The molecular weight excluding hydrogens is 284 g/mol. The van der Waals surface area contributed by atoms with E-state index in [1.807, 2.05) is 0 Å². The van der Waals surface area contributed by atoms with E-state index in [2.05, 4.69) is 0 Å². The highest BCUT2D eigenvalue weighted by Crippen LogP contribution is 2.36. The fourth-order valence-corrected chi connectivity index (χ4v) is 5.07. The molecule has 0 unspecified atom stereocenters. The largest absolute Gasteiger partial charge is 0.224 e. The normalized spacial score (nSPS) is 17.8. The second-order valence-corrected chi connectivity index (χ2v) is 9.20. The first-order valence-corrected chi connectivity index (χ1v) is 10.0. The summed E-state index contributed by atoms with van der Waals surface area (Å²) >= 11 is 0. The maximum Gasteiger partial charge on any atom is 0.176 e. The maximum atomic E-state index is 11.8. The Hall–Kier alpha value is -0.880. The minimum atomic E-state index is -3.55. The molecule has 0 bridgehead atoms. The molecular formula is C13H18O4S2. The van der Waals surface area contributed by atoms with Crippen molar-refractivity contribution in [2.75, 3.05) is 12.5 Å². The second kappa shape index (κ2) is 4.90. The smallest absolute Gasteiger partial charge is 0.176 e. The van der Waals surface area contributed by atoms with Crippen LogP contribution in [0.15, 0.2) is 28.0 Å². The molecule has 0 amide bonds. The summed E-state index contributed by atoms with van der Waals surface area (Å²) in [5, 5.41) is 0. The van der Waals surface area contributed by atoms with E-state index in [1.165, 1.54) is 6.07 Å². The SMILES string of the molecule is CS(=O)(=O)c1ccc(C2CCCC2)cc1S(C)(=O)=O. The van der Waals surface area contributed by atoms with E-state index < -0.39 is 19.7 Å². The molecule has 19 heavy (non-hydrogen) atoms. The van der Waals surface area contributed by atoms with Gasteiger partial charge in [-0.1, -0.05) is 18.9 Å². The molecule has 0 heterocycles. The first-order chi connectivity index (χ1) is 8.69. The Bertz CT molecular complexity index is 681. The average Bonchev–Trinajstić information content (AvgIpc) is 2.79. The van der Waals surface area contributed by atoms with Gasteiger partial charge in [0.15, 0.2) is 19.7 Å². The molecule has 6 heteroatoms. The number of hydrogen-bond donors (Lipinski definition) is 0. The average molecular weight is 302 g/mol. The summed E-state index contributed by atoms with van der Waals surface area (Å²) < 4.78 is 46.9. The summed E-state index contributed by atoms with van der Waals surface area (Å²) in [5.41, 5.74) is 0.935. The standard InChI is InChI=1S/C13H18O4S2/c1-18(14,15)12-8-7-11(10-5-3-4-6-10)9-13(12)19(2,16)17/h7-10H,3-6H2,1-2H3. The highest BCUT2D eigenvalue weighted by Gasteiger charge is 2.24. The summed E-state index contributed by atoms with van der Waals surface area (Å²) in [5.74, 6) is 0.356. The van der Waals surface area contributed by atoms with Crippen molar-refractivity contribution >= 4 is 19.7 Å². The molecule has 0 aliphatic heterocycles. The molecule has 0 spiro atoms. The van der Waals surface area contributed by atoms with Crippen LogP contribution in [0.1, 0.15) is 37.2 Å². The van der Waals surface area contributed by atoms with Gasteiger partial charge >= 0.3 is 0 Å². The van der Waals surface area contributed by atoms with Crippen LogP contribution in [0.5, 0.6) is 0 Å². The molecule has 0 N–H and O–H groups in total. The fraction of sp³-hybridized carbons (Fsp3) is 0.538. The van der Waals surface area contributed by atoms with Gasteiger partial charge < -0.3 is 0 Å². The Morgan fingerprint density at radius 1 is 0.895 bits per heavy atom. The van der Waals surface area contributed by atoms with Crippen molar-refractivity contribution in [3.63, 3.8) is 0 Å². The summed E-state index contributed by atoms with van der Waals surface area (Å²) in [7, 11) is -7.08. The van der Waals surface area contributed by atoms with Crippen LogP contribution in [-0.2, 0) is 19.7 Å². The van der Waals surface area contributed by atoms with Gasteiger partial charge in [0.25, 0.3) is 0 Å². The summed E-state index contributed by atoms with van der Waals surface area (Å²) in [6, 6.07) is 4.72. The molecule has 1 saturated carbocycles. The Morgan fingerprint density at radius 3 is 1.89 bits per heavy atom. The van der Waals surface area contributed by atoms with Gasteiger partial charge in [-0.25, -0.2) is 16.8 Å². The highest BCUT2D eigenvalue weighted by molar-refractivity contribution is 7.93. The van der Waals surface area contributed by atoms with Crippen LogP contribution in [0.4, 0.5) is 0 Å². The van der Waals surface area contributed by atoms with E-state index >= 15 is 0 Å². The third-order valence-electron chi connectivity index (χ3n) is 3.59. The van der Waals surface area contributed by atoms with Crippen LogP contribution < -0.4 is 0 Å². The zero-order chi connectivity index (χ0) is 14.3. The van der Waals surface area contributed by atoms with Gasteiger partial charge in [-0.05, 0) is 36.5 Å². The lowest BCUT2D eigenvalue weighted by molar-refractivity contribution is 0.588. The number of rotatable bonds is 3. The molecule has 1 fully saturated rings. The van der Waals surface area contributed by atoms with Crippen molar-refractivity contribution in [3.8, 4) is 0 Å². The zero-order valence-corrected chi connectivity index (χ0v) is 12.7. The summed E-state index contributed by atoms with van der Waals surface area (Å²) in [6.07, 6.45) is 6.46. The minimum absolute atomic E-state index is 0.0700. The van der Waals surface area contributed by atoms with Crippen molar-refractivity contribution in [2.24, 2.45) is 0 Å². The molecule has 1 aliphatic carbocycles. The van der Waals surface area contributed by atoms with Crippen molar-refractivity contribution in [2.45, 2.75) is 41.4 Å². The molecule has 1 aromatic carbocycles. The van der Waals surface area contributed by atoms with E-state index in [4.69, 9.17) is 0 Å². The van der Waals surface area contributed by atoms with Gasteiger partial charge in [0.05, 0.1) is 9.79 Å². The van der Waals surface area contributed by atoms with Crippen LogP contribution in [0, 0.1) is 0 Å². The van der Waals surface area contributed by atoms with Gasteiger partial charge in [-0.15, -0.1) is 0 Å². The van der Waals surface area contributed by atoms with Gasteiger partial charge in [-0.2, -0.15) is 0 Å². The molecule has 4 nitrogen and oxygen atoms in total.